The lowest BCUT2D eigenvalue weighted by Crippen LogP contribution is -1.99. The molecule has 0 bridgehead atoms. The molecule has 0 aliphatic carbocycles. The smallest absolute Gasteiger partial charge is 0.142 e. The Morgan fingerprint density at radius 1 is 1.06 bits per heavy atom. The number of benzene rings is 2. The van der Waals surface area contributed by atoms with E-state index in [0.29, 0.717) is 12.3 Å². The summed E-state index contributed by atoms with van der Waals surface area (Å²) in [4.78, 5) is 0. The molecule has 2 aromatic rings. The predicted molar refractivity (Wildman–Crippen MR) is 72.9 cm³/mol. The minimum absolute atomic E-state index is 0.497. The number of ether oxygens (including phenoxy) is 2. The summed E-state index contributed by atoms with van der Waals surface area (Å²) < 4.78 is 10.8. The van der Waals surface area contributed by atoms with Crippen molar-refractivity contribution >= 4 is 5.69 Å². The van der Waals surface area contributed by atoms with Crippen LogP contribution in [0.25, 0.3) is 0 Å². The van der Waals surface area contributed by atoms with E-state index >= 15 is 0 Å². The first-order chi connectivity index (χ1) is 8.69. The summed E-state index contributed by atoms with van der Waals surface area (Å²) >= 11 is 0. The van der Waals surface area contributed by atoms with Crippen LogP contribution in [0.1, 0.15) is 11.1 Å². The van der Waals surface area contributed by atoms with Gasteiger partial charge in [-0.2, -0.15) is 0 Å². The van der Waals surface area contributed by atoms with Crippen molar-refractivity contribution in [3.05, 3.63) is 53.6 Å². The van der Waals surface area contributed by atoms with E-state index < -0.39 is 0 Å². The molecule has 18 heavy (non-hydrogen) atoms. The van der Waals surface area contributed by atoms with Gasteiger partial charge in [-0.05, 0) is 42.3 Å². The zero-order chi connectivity index (χ0) is 13.0. The largest absolute Gasteiger partial charge is 0.497 e. The van der Waals surface area contributed by atoms with Gasteiger partial charge in [0.1, 0.15) is 18.1 Å². The molecule has 0 aliphatic rings. The van der Waals surface area contributed by atoms with E-state index in [2.05, 4.69) is 0 Å². The Morgan fingerprint density at radius 3 is 2.39 bits per heavy atom. The van der Waals surface area contributed by atoms with Crippen molar-refractivity contribution in [3.63, 3.8) is 0 Å². The molecule has 0 atom stereocenters. The van der Waals surface area contributed by atoms with Crippen LogP contribution in [0.15, 0.2) is 42.5 Å². The van der Waals surface area contributed by atoms with Crippen LogP contribution in [0.5, 0.6) is 11.5 Å². The quantitative estimate of drug-likeness (QED) is 0.839. The van der Waals surface area contributed by atoms with Crippen LogP contribution < -0.4 is 15.2 Å². The molecule has 94 valence electrons. The molecule has 0 heterocycles. The third kappa shape index (κ3) is 2.94. The van der Waals surface area contributed by atoms with Crippen molar-refractivity contribution < 1.29 is 9.47 Å². The van der Waals surface area contributed by atoms with E-state index in [1.807, 2.05) is 49.4 Å². The number of anilines is 1. The fourth-order valence-electron chi connectivity index (χ4n) is 1.68. The van der Waals surface area contributed by atoms with Crippen molar-refractivity contribution in [2.45, 2.75) is 13.5 Å². The summed E-state index contributed by atoms with van der Waals surface area (Å²) in [6.07, 6.45) is 0. The lowest BCUT2D eigenvalue weighted by atomic mass is 10.2. The van der Waals surface area contributed by atoms with Crippen LogP contribution in [0.4, 0.5) is 5.69 Å². The Kier molecular flexibility index (Phi) is 3.72. The molecule has 3 heteroatoms. The zero-order valence-corrected chi connectivity index (χ0v) is 10.6. The molecule has 0 aromatic heterocycles. The van der Waals surface area contributed by atoms with E-state index in [-0.39, 0.29) is 0 Å². The highest BCUT2D eigenvalue weighted by Gasteiger charge is 2.01. The van der Waals surface area contributed by atoms with Gasteiger partial charge in [-0.15, -0.1) is 0 Å². The minimum Gasteiger partial charge on any atom is -0.497 e. The Morgan fingerprint density at radius 2 is 1.78 bits per heavy atom. The van der Waals surface area contributed by atoms with Gasteiger partial charge in [0.2, 0.25) is 0 Å². The van der Waals surface area contributed by atoms with Gasteiger partial charge in [0.15, 0.2) is 0 Å². The highest BCUT2D eigenvalue weighted by molar-refractivity contribution is 5.54. The molecular formula is C15H17NO2. The topological polar surface area (TPSA) is 44.5 Å². The molecule has 0 saturated heterocycles. The lowest BCUT2D eigenvalue weighted by molar-refractivity contribution is 0.307. The van der Waals surface area contributed by atoms with Crippen LogP contribution >= 0.6 is 0 Å². The zero-order valence-electron chi connectivity index (χ0n) is 10.6. The van der Waals surface area contributed by atoms with Crippen LogP contribution in [0, 0.1) is 6.92 Å². The third-order valence-corrected chi connectivity index (χ3v) is 2.72. The van der Waals surface area contributed by atoms with E-state index in [0.717, 1.165) is 22.6 Å². The Labute approximate surface area is 107 Å². The molecule has 0 amide bonds. The molecule has 0 radical (unpaired) electrons. The van der Waals surface area contributed by atoms with Crippen LogP contribution in [0.3, 0.4) is 0 Å². The Bertz CT molecular complexity index is 521. The molecule has 2 N–H and O–H groups in total. The first-order valence-corrected chi connectivity index (χ1v) is 5.81. The maximum absolute atomic E-state index is 5.89. The van der Waals surface area contributed by atoms with E-state index in [1.54, 1.807) is 7.11 Å². The summed E-state index contributed by atoms with van der Waals surface area (Å²) in [5, 5.41) is 0. The maximum atomic E-state index is 5.89. The average molecular weight is 243 g/mol. The summed E-state index contributed by atoms with van der Waals surface area (Å²) in [7, 11) is 1.65. The van der Waals surface area contributed by atoms with Crippen molar-refractivity contribution in [3.8, 4) is 11.5 Å². The van der Waals surface area contributed by atoms with Gasteiger partial charge in [0, 0.05) is 0 Å². The molecule has 0 fully saturated rings. The number of hydrogen-bond acceptors (Lipinski definition) is 3. The predicted octanol–water partition coefficient (Wildman–Crippen LogP) is 3.16. The SMILES string of the molecule is COc1ccc(COc2ccc(C)cc2N)cc1. The summed E-state index contributed by atoms with van der Waals surface area (Å²) in [6.45, 7) is 2.50. The molecule has 2 aromatic carbocycles. The fraction of sp³-hybridized carbons (Fsp3) is 0.200. The third-order valence-electron chi connectivity index (χ3n) is 2.72. The molecule has 3 nitrogen and oxygen atoms in total. The molecule has 0 unspecified atom stereocenters. The Balaban J connectivity index is 2.02. The molecule has 0 spiro atoms. The van der Waals surface area contributed by atoms with Gasteiger partial charge in [-0.1, -0.05) is 18.2 Å². The molecule has 2 rings (SSSR count). The number of hydrogen-bond donors (Lipinski definition) is 1. The summed E-state index contributed by atoms with van der Waals surface area (Å²) in [6, 6.07) is 13.6. The highest BCUT2D eigenvalue weighted by atomic mass is 16.5. The first-order valence-electron chi connectivity index (χ1n) is 5.81. The van der Waals surface area contributed by atoms with Gasteiger partial charge in [0.25, 0.3) is 0 Å². The number of nitrogens with two attached hydrogens (primary N) is 1. The molecule has 0 saturated carbocycles. The van der Waals surface area contributed by atoms with E-state index in [4.69, 9.17) is 15.2 Å². The summed E-state index contributed by atoms with van der Waals surface area (Å²) in [5.74, 6) is 1.56. The van der Waals surface area contributed by atoms with Crippen LogP contribution in [0.2, 0.25) is 0 Å². The second-order valence-corrected chi connectivity index (χ2v) is 4.18. The second-order valence-electron chi connectivity index (χ2n) is 4.18. The monoisotopic (exact) mass is 243 g/mol. The number of aryl methyl sites for hydroxylation is 1. The molecule has 0 aliphatic heterocycles. The van der Waals surface area contributed by atoms with Gasteiger partial charge in [0.05, 0.1) is 12.8 Å². The van der Waals surface area contributed by atoms with Crippen molar-refractivity contribution in [2.24, 2.45) is 0 Å². The van der Waals surface area contributed by atoms with Gasteiger partial charge in [-0.3, -0.25) is 0 Å². The normalized spacial score (nSPS) is 10.1. The Hall–Kier alpha value is -2.16. The van der Waals surface area contributed by atoms with Crippen molar-refractivity contribution in [2.75, 3.05) is 12.8 Å². The average Bonchev–Trinajstić information content (AvgIpc) is 2.38. The maximum Gasteiger partial charge on any atom is 0.142 e. The van der Waals surface area contributed by atoms with Crippen molar-refractivity contribution in [1.29, 1.82) is 0 Å². The first kappa shape index (κ1) is 12.3. The van der Waals surface area contributed by atoms with Crippen LogP contribution in [-0.2, 0) is 6.61 Å². The minimum atomic E-state index is 0.497. The second kappa shape index (κ2) is 5.45. The fourth-order valence-corrected chi connectivity index (χ4v) is 1.68. The number of methoxy groups -OCH3 is 1. The van der Waals surface area contributed by atoms with E-state index in [9.17, 15) is 0 Å². The highest BCUT2D eigenvalue weighted by Crippen LogP contribution is 2.23. The van der Waals surface area contributed by atoms with Crippen molar-refractivity contribution in [1.82, 2.24) is 0 Å². The lowest BCUT2D eigenvalue weighted by Gasteiger charge is -2.09. The standard InChI is InChI=1S/C15H17NO2/c1-11-3-8-15(14(16)9-11)18-10-12-4-6-13(17-2)7-5-12/h3-9H,10,16H2,1-2H3. The van der Waals surface area contributed by atoms with Crippen LogP contribution in [-0.4, -0.2) is 7.11 Å². The number of rotatable bonds is 4. The summed E-state index contributed by atoms with van der Waals surface area (Å²) in [5.41, 5.74) is 8.76. The van der Waals surface area contributed by atoms with Gasteiger partial charge >= 0.3 is 0 Å². The molecular weight excluding hydrogens is 226 g/mol. The van der Waals surface area contributed by atoms with Gasteiger partial charge in [-0.25, -0.2) is 0 Å². The van der Waals surface area contributed by atoms with E-state index in [1.165, 1.54) is 0 Å². The van der Waals surface area contributed by atoms with Gasteiger partial charge < -0.3 is 15.2 Å². The number of nitrogen functional groups attached to an aromatic ring is 1.